The van der Waals surface area contributed by atoms with Gasteiger partial charge in [-0.3, -0.25) is 9.89 Å². The number of carbonyl (C=O) groups excluding carboxylic acids is 1. The molecule has 0 atom stereocenters. The van der Waals surface area contributed by atoms with E-state index in [0.29, 0.717) is 24.6 Å². The van der Waals surface area contributed by atoms with E-state index in [1.807, 2.05) is 55.5 Å². The molecule has 0 saturated carbocycles. The highest BCUT2D eigenvalue weighted by Crippen LogP contribution is 2.18. The van der Waals surface area contributed by atoms with Crippen LogP contribution in [0.4, 0.5) is 0 Å². The first-order valence-electron chi connectivity index (χ1n) is 8.02. The monoisotopic (exact) mass is 336 g/mol. The van der Waals surface area contributed by atoms with E-state index in [0.717, 1.165) is 22.4 Å². The SMILES string of the molecule is COc1ccc(-c2n[nH]c(CNC(=O)Cc3ccccc3C)n2)cc1. The molecule has 25 heavy (non-hydrogen) atoms. The van der Waals surface area contributed by atoms with E-state index in [-0.39, 0.29) is 5.91 Å². The third-order valence-corrected chi connectivity index (χ3v) is 3.95. The molecule has 0 bridgehead atoms. The van der Waals surface area contributed by atoms with E-state index in [2.05, 4.69) is 20.5 Å². The Morgan fingerprint density at radius 1 is 1.16 bits per heavy atom. The van der Waals surface area contributed by atoms with E-state index in [1.54, 1.807) is 7.11 Å². The van der Waals surface area contributed by atoms with Crippen LogP contribution in [0.25, 0.3) is 11.4 Å². The lowest BCUT2D eigenvalue weighted by atomic mass is 10.1. The quantitative estimate of drug-likeness (QED) is 0.725. The lowest BCUT2D eigenvalue weighted by Gasteiger charge is -2.05. The molecule has 6 nitrogen and oxygen atoms in total. The van der Waals surface area contributed by atoms with Crippen LogP contribution in [0, 0.1) is 6.92 Å². The van der Waals surface area contributed by atoms with Crippen molar-refractivity contribution in [3.8, 4) is 17.1 Å². The minimum Gasteiger partial charge on any atom is -0.497 e. The fourth-order valence-electron chi connectivity index (χ4n) is 2.47. The number of hydrogen-bond donors (Lipinski definition) is 2. The third-order valence-electron chi connectivity index (χ3n) is 3.95. The molecule has 0 spiro atoms. The van der Waals surface area contributed by atoms with Crippen LogP contribution >= 0.6 is 0 Å². The van der Waals surface area contributed by atoms with Crippen LogP contribution in [0.5, 0.6) is 5.75 Å². The van der Waals surface area contributed by atoms with Crippen molar-refractivity contribution in [1.82, 2.24) is 20.5 Å². The highest BCUT2D eigenvalue weighted by atomic mass is 16.5. The minimum absolute atomic E-state index is 0.0447. The molecule has 3 aromatic rings. The molecule has 0 radical (unpaired) electrons. The van der Waals surface area contributed by atoms with Gasteiger partial charge in [0.15, 0.2) is 5.82 Å². The molecule has 0 unspecified atom stereocenters. The van der Waals surface area contributed by atoms with Gasteiger partial charge in [0.05, 0.1) is 20.1 Å². The predicted molar refractivity (Wildman–Crippen MR) is 95.1 cm³/mol. The van der Waals surface area contributed by atoms with E-state index < -0.39 is 0 Å². The maximum Gasteiger partial charge on any atom is 0.224 e. The Hall–Kier alpha value is -3.15. The summed E-state index contributed by atoms with van der Waals surface area (Å²) in [6.07, 6.45) is 0.353. The summed E-state index contributed by atoms with van der Waals surface area (Å²) in [6.45, 7) is 2.31. The molecule has 6 heteroatoms. The average Bonchev–Trinajstić information content (AvgIpc) is 3.11. The van der Waals surface area contributed by atoms with Crippen molar-refractivity contribution in [3.05, 3.63) is 65.5 Å². The van der Waals surface area contributed by atoms with Crippen LogP contribution in [-0.2, 0) is 17.8 Å². The number of aryl methyl sites for hydroxylation is 1. The van der Waals surface area contributed by atoms with Gasteiger partial charge < -0.3 is 10.1 Å². The van der Waals surface area contributed by atoms with Gasteiger partial charge in [0.1, 0.15) is 11.6 Å². The number of H-pyrrole nitrogens is 1. The minimum atomic E-state index is -0.0447. The number of methoxy groups -OCH3 is 1. The summed E-state index contributed by atoms with van der Waals surface area (Å²) >= 11 is 0. The summed E-state index contributed by atoms with van der Waals surface area (Å²) in [4.78, 5) is 16.5. The smallest absolute Gasteiger partial charge is 0.224 e. The van der Waals surface area contributed by atoms with Gasteiger partial charge in [-0.1, -0.05) is 24.3 Å². The molecule has 0 fully saturated rings. The molecule has 1 amide bonds. The Morgan fingerprint density at radius 2 is 1.92 bits per heavy atom. The Morgan fingerprint density at radius 3 is 2.64 bits per heavy atom. The summed E-state index contributed by atoms with van der Waals surface area (Å²) in [5.41, 5.74) is 3.02. The van der Waals surface area contributed by atoms with Gasteiger partial charge in [0, 0.05) is 5.56 Å². The summed E-state index contributed by atoms with van der Waals surface area (Å²) in [6, 6.07) is 15.4. The molecule has 0 saturated heterocycles. The van der Waals surface area contributed by atoms with Gasteiger partial charge in [-0.05, 0) is 42.3 Å². The summed E-state index contributed by atoms with van der Waals surface area (Å²) < 4.78 is 5.14. The second-order valence-corrected chi connectivity index (χ2v) is 5.71. The second-order valence-electron chi connectivity index (χ2n) is 5.71. The molecule has 2 aromatic carbocycles. The first kappa shape index (κ1) is 16.7. The number of hydrogen-bond acceptors (Lipinski definition) is 4. The highest BCUT2D eigenvalue weighted by molar-refractivity contribution is 5.78. The molecular formula is C19H20N4O2. The number of aromatic nitrogens is 3. The third kappa shape index (κ3) is 4.23. The summed E-state index contributed by atoms with van der Waals surface area (Å²) in [5, 5.41) is 9.91. The van der Waals surface area contributed by atoms with E-state index in [1.165, 1.54) is 0 Å². The Balaban J connectivity index is 1.58. The van der Waals surface area contributed by atoms with Crippen LogP contribution in [0.1, 0.15) is 17.0 Å². The number of nitrogens with one attached hydrogen (secondary N) is 2. The van der Waals surface area contributed by atoms with Gasteiger partial charge in [-0.25, -0.2) is 4.98 Å². The molecule has 1 heterocycles. The van der Waals surface area contributed by atoms with Crippen LogP contribution in [0.2, 0.25) is 0 Å². The van der Waals surface area contributed by atoms with Gasteiger partial charge in [-0.2, -0.15) is 5.10 Å². The first-order valence-corrected chi connectivity index (χ1v) is 8.02. The number of nitrogens with zero attached hydrogens (tertiary/aromatic N) is 2. The number of amides is 1. The van der Waals surface area contributed by atoms with Gasteiger partial charge >= 0.3 is 0 Å². The first-order chi connectivity index (χ1) is 12.2. The zero-order valence-electron chi connectivity index (χ0n) is 14.2. The molecular weight excluding hydrogens is 316 g/mol. The Labute approximate surface area is 146 Å². The zero-order chi connectivity index (χ0) is 17.6. The van der Waals surface area contributed by atoms with Crippen LogP contribution in [-0.4, -0.2) is 28.2 Å². The largest absolute Gasteiger partial charge is 0.497 e. The van der Waals surface area contributed by atoms with E-state index >= 15 is 0 Å². The fraction of sp³-hybridized carbons (Fsp3) is 0.211. The number of ether oxygens (including phenoxy) is 1. The van der Waals surface area contributed by atoms with Crippen molar-refractivity contribution in [2.45, 2.75) is 19.9 Å². The normalized spacial score (nSPS) is 10.5. The van der Waals surface area contributed by atoms with Crippen molar-refractivity contribution < 1.29 is 9.53 Å². The molecule has 128 valence electrons. The van der Waals surface area contributed by atoms with Crippen molar-refractivity contribution in [2.24, 2.45) is 0 Å². The van der Waals surface area contributed by atoms with E-state index in [9.17, 15) is 4.79 Å². The average molecular weight is 336 g/mol. The zero-order valence-corrected chi connectivity index (χ0v) is 14.2. The summed E-state index contributed by atoms with van der Waals surface area (Å²) in [7, 11) is 1.62. The standard InChI is InChI=1S/C19H20N4O2/c1-13-5-3-4-6-15(13)11-18(24)20-12-17-21-19(23-22-17)14-7-9-16(25-2)10-8-14/h3-10H,11-12H2,1-2H3,(H,20,24)(H,21,22,23). The fourth-order valence-corrected chi connectivity index (χ4v) is 2.47. The lowest BCUT2D eigenvalue weighted by molar-refractivity contribution is -0.120. The topological polar surface area (TPSA) is 79.9 Å². The van der Waals surface area contributed by atoms with Crippen molar-refractivity contribution >= 4 is 5.91 Å². The molecule has 0 aliphatic heterocycles. The lowest BCUT2D eigenvalue weighted by Crippen LogP contribution is -2.25. The highest BCUT2D eigenvalue weighted by Gasteiger charge is 2.09. The van der Waals surface area contributed by atoms with Crippen LogP contribution < -0.4 is 10.1 Å². The molecule has 1 aromatic heterocycles. The predicted octanol–water partition coefficient (Wildman–Crippen LogP) is 2.65. The molecule has 0 aliphatic rings. The second kappa shape index (κ2) is 7.61. The molecule has 0 aliphatic carbocycles. The molecule has 3 rings (SSSR count). The van der Waals surface area contributed by atoms with Gasteiger partial charge in [0.2, 0.25) is 5.91 Å². The molecule has 2 N–H and O–H groups in total. The Kier molecular flexibility index (Phi) is 5.09. The maximum absolute atomic E-state index is 12.1. The maximum atomic E-state index is 12.1. The van der Waals surface area contributed by atoms with Gasteiger partial charge in [0.25, 0.3) is 0 Å². The number of rotatable bonds is 6. The van der Waals surface area contributed by atoms with E-state index in [4.69, 9.17) is 4.74 Å². The Bertz CT molecular complexity index is 856. The van der Waals surface area contributed by atoms with Crippen molar-refractivity contribution in [2.75, 3.05) is 7.11 Å². The number of aromatic amines is 1. The van der Waals surface area contributed by atoms with Gasteiger partial charge in [-0.15, -0.1) is 0 Å². The number of carbonyl (C=O) groups is 1. The summed E-state index contributed by atoms with van der Waals surface area (Å²) in [5.74, 6) is 1.94. The van der Waals surface area contributed by atoms with Crippen LogP contribution in [0.15, 0.2) is 48.5 Å². The van der Waals surface area contributed by atoms with Crippen LogP contribution in [0.3, 0.4) is 0 Å². The number of benzene rings is 2. The van der Waals surface area contributed by atoms with Crippen molar-refractivity contribution in [3.63, 3.8) is 0 Å². The van der Waals surface area contributed by atoms with Crippen molar-refractivity contribution in [1.29, 1.82) is 0 Å².